The van der Waals surface area contributed by atoms with E-state index in [2.05, 4.69) is 49.1 Å². The molecule has 1 atom stereocenters. The average Bonchev–Trinajstić information content (AvgIpc) is 2.58. The Morgan fingerprint density at radius 3 is 2.69 bits per heavy atom. The molecule has 0 saturated heterocycles. The van der Waals surface area contributed by atoms with Gasteiger partial charge < -0.3 is 15.0 Å². The molecule has 16 heavy (non-hydrogen) atoms. The van der Waals surface area contributed by atoms with Gasteiger partial charge in [0.1, 0.15) is 0 Å². The maximum atomic E-state index is 9.20. The quantitative estimate of drug-likeness (QED) is 0.804. The first kappa shape index (κ1) is 13.3. The molecule has 1 heterocycles. The van der Waals surface area contributed by atoms with Crippen LogP contribution < -0.4 is 5.32 Å². The van der Waals surface area contributed by atoms with E-state index in [-0.39, 0.29) is 11.6 Å². The van der Waals surface area contributed by atoms with Crippen molar-refractivity contribution in [2.45, 2.75) is 58.8 Å². The standard InChI is InChI=1S/C13H24N2O/c1-11(16)5-7-15-8-6-12(10-15)9-14-13(2,3)4/h6,8,10-11,14,16H,5,7,9H2,1-4H3. The molecule has 0 aromatic carbocycles. The van der Waals surface area contributed by atoms with Crippen molar-refractivity contribution in [2.75, 3.05) is 0 Å². The molecule has 0 aliphatic heterocycles. The van der Waals surface area contributed by atoms with Crippen LogP contribution in [0.5, 0.6) is 0 Å². The van der Waals surface area contributed by atoms with E-state index in [0.29, 0.717) is 0 Å². The fraction of sp³-hybridized carbons (Fsp3) is 0.692. The zero-order valence-corrected chi connectivity index (χ0v) is 10.8. The molecular formula is C13H24N2O. The van der Waals surface area contributed by atoms with Gasteiger partial charge in [-0.15, -0.1) is 0 Å². The van der Waals surface area contributed by atoms with E-state index in [1.54, 1.807) is 0 Å². The van der Waals surface area contributed by atoms with Crippen molar-refractivity contribution in [2.24, 2.45) is 0 Å². The van der Waals surface area contributed by atoms with Crippen molar-refractivity contribution in [3.05, 3.63) is 24.0 Å². The summed E-state index contributed by atoms with van der Waals surface area (Å²) in [6.45, 7) is 10.1. The monoisotopic (exact) mass is 224 g/mol. The van der Waals surface area contributed by atoms with Crippen molar-refractivity contribution in [3.8, 4) is 0 Å². The van der Waals surface area contributed by atoms with Gasteiger partial charge in [0.2, 0.25) is 0 Å². The normalized spacial score (nSPS) is 14.1. The number of nitrogens with one attached hydrogen (secondary N) is 1. The number of aromatic nitrogens is 1. The lowest BCUT2D eigenvalue weighted by Crippen LogP contribution is -2.34. The van der Waals surface area contributed by atoms with E-state index in [0.717, 1.165) is 19.5 Å². The first-order valence-electron chi connectivity index (χ1n) is 5.94. The van der Waals surface area contributed by atoms with Crippen LogP contribution in [-0.2, 0) is 13.1 Å². The third-order valence-electron chi connectivity index (χ3n) is 2.44. The third kappa shape index (κ3) is 5.33. The van der Waals surface area contributed by atoms with Crippen LogP contribution in [0.15, 0.2) is 18.5 Å². The lowest BCUT2D eigenvalue weighted by Gasteiger charge is -2.19. The van der Waals surface area contributed by atoms with E-state index in [4.69, 9.17) is 0 Å². The number of rotatable bonds is 5. The van der Waals surface area contributed by atoms with Crippen molar-refractivity contribution in [1.29, 1.82) is 0 Å². The molecule has 0 aliphatic carbocycles. The van der Waals surface area contributed by atoms with Crippen LogP contribution in [-0.4, -0.2) is 21.3 Å². The van der Waals surface area contributed by atoms with Gasteiger partial charge in [-0.25, -0.2) is 0 Å². The van der Waals surface area contributed by atoms with Crippen molar-refractivity contribution >= 4 is 0 Å². The Bertz CT molecular complexity index is 310. The van der Waals surface area contributed by atoms with Crippen LogP contribution in [0.25, 0.3) is 0 Å². The van der Waals surface area contributed by atoms with Crippen molar-refractivity contribution < 1.29 is 5.11 Å². The Labute approximate surface area is 98.5 Å². The molecule has 0 aliphatic rings. The van der Waals surface area contributed by atoms with Gasteiger partial charge in [-0.2, -0.15) is 0 Å². The summed E-state index contributed by atoms with van der Waals surface area (Å²) in [5.74, 6) is 0. The van der Waals surface area contributed by atoms with Crippen LogP contribution >= 0.6 is 0 Å². The highest BCUT2D eigenvalue weighted by atomic mass is 16.3. The second-order valence-corrected chi connectivity index (χ2v) is 5.50. The minimum Gasteiger partial charge on any atom is -0.393 e. The first-order chi connectivity index (χ1) is 7.37. The van der Waals surface area contributed by atoms with Crippen LogP contribution in [0.4, 0.5) is 0 Å². The average molecular weight is 224 g/mol. The van der Waals surface area contributed by atoms with Gasteiger partial charge >= 0.3 is 0 Å². The summed E-state index contributed by atoms with van der Waals surface area (Å²) in [5, 5.41) is 12.7. The van der Waals surface area contributed by atoms with Crippen molar-refractivity contribution in [3.63, 3.8) is 0 Å². The Morgan fingerprint density at radius 2 is 2.12 bits per heavy atom. The van der Waals surface area contributed by atoms with E-state index in [1.165, 1.54) is 5.56 Å². The van der Waals surface area contributed by atoms with E-state index in [9.17, 15) is 5.11 Å². The SMILES string of the molecule is CC(O)CCn1ccc(CNC(C)(C)C)c1. The predicted octanol–water partition coefficient (Wildman–Crippen LogP) is 2.15. The molecule has 0 amide bonds. The highest BCUT2D eigenvalue weighted by Gasteiger charge is 2.08. The first-order valence-corrected chi connectivity index (χ1v) is 5.94. The molecule has 3 heteroatoms. The van der Waals surface area contributed by atoms with Crippen LogP contribution in [0.2, 0.25) is 0 Å². The summed E-state index contributed by atoms with van der Waals surface area (Å²) < 4.78 is 2.13. The second kappa shape index (κ2) is 5.51. The van der Waals surface area contributed by atoms with Crippen molar-refractivity contribution in [1.82, 2.24) is 9.88 Å². The van der Waals surface area contributed by atoms with Gasteiger partial charge in [0.25, 0.3) is 0 Å². The smallest absolute Gasteiger partial charge is 0.0529 e. The summed E-state index contributed by atoms with van der Waals surface area (Å²) in [6, 6.07) is 2.13. The topological polar surface area (TPSA) is 37.2 Å². The van der Waals surface area contributed by atoms with E-state index in [1.807, 2.05) is 6.92 Å². The van der Waals surface area contributed by atoms with Gasteiger partial charge in [-0.1, -0.05) is 0 Å². The molecule has 2 N–H and O–H groups in total. The number of aliphatic hydroxyl groups is 1. The summed E-state index contributed by atoms with van der Waals surface area (Å²) in [4.78, 5) is 0. The Balaban J connectivity index is 2.39. The van der Waals surface area contributed by atoms with Crippen LogP contribution in [0, 0.1) is 0 Å². The minimum atomic E-state index is -0.224. The Hall–Kier alpha value is -0.800. The van der Waals surface area contributed by atoms with Gasteiger partial charge in [-0.05, 0) is 45.7 Å². The number of nitrogens with zero attached hydrogens (tertiary/aromatic N) is 1. The minimum absolute atomic E-state index is 0.154. The molecular weight excluding hydrogens is 200 g/mol. The lowest BCUT2D eigenvalue weighted by atomic mass is 10.1. The lowest BCUT2D eigenvalue weighted by molar-refractivity contribution is 0.178. The predicted molar refractivity (Wildman–Crippen MR) is 67.3 cm³/mol. The zero-order valence-electron chi connectivity index (χ0n) is 10.8. The Morgan fingerprint density at radius 1 is 1.44 bits per heavy atom. The van der Waals surface area contributed by atoms with Crippen LogP contribution in [0.1, 0.15) is 39.7 Å². The number of hydrogen-bond donors (Lipinski definition) is 2. The fourth-order valence-electron chi connectivity index (χ4n) is 1.44. The number of hydrogen-bond acceptors (Lipinski definition) is 2. The largest absolute Gasteiger partial charge is 0.393 e. The molecule has 0 radical (unpaired) electrons. The number of aryl methyl sites for hydroxylation is 1. The summed E-state index contributed by atoms with van der Waals surface area (Å²) >= 11 is 0. The third-order valence-corrected chi connectivity index (χ3v) is 2.44. The summed E-state index contributed by atoms with van der Waals surface area (Å²) in [5.41, 5.74) is 1.45. The second-order valence-electron chi connectivity index (χ2n) is 5.50. The maximum Gasteiger partial charge on any atom is 0.0529 e. The molecule has 1 aromatic rings. The Kier molecular flexibility index (Phi) is 4.56. The molecule has 3 nitrogen and oxygen atoms in total. The molecule has 1 unspecified atom stereocenters. The molecule has 0 saturated carbocycles. The van der Waals surface area contributed by atoms with E-state index < -0.39 is 0 Å². The van der Waals surface area contributed by atoms with E-state index >= 15 is 0 Å². The molecule has 0 spiro atoms. The van der Waals surface area contributed by atoms with Gasteiger partial charge in [-0.3, -0.25) is 0 Å². The van der Waals surface area contributed by atoms with Gasteiger partial charge in [0, 0.05) is 31.0 Å². The van der Waals surface area contributed by atoms with Gasteiger partial charge in [0.05, 0.1) is 6.10 Å². The fourth-order valence-corrected chi connectivity index (χ4v) is 1.44. The van der Waals surface area contributed by atoms with Gasteiger partial charge in [0.15, 0.2) is 0 Å². The molecule has 0 bridgehead atoms. The zero-order chi connectivity index (χ0) is 12.2. The van der Waals surface area contributed by atoms with Crippen LogP contribution in [0.3, 0.4) is 0 Å². The number of aliphatic hydroxyl groups excluding tert-OH is 1. The highest BCUT2D eigenvalue weighted by Crippen LogP contribution is 2.06. The molecule has 1 rings (SSSR count). The summed E-state index contributed by atoms with van der Waals surface area (Å²) in [7, 11) is 0. The summed E-state index contributed by atoms with van der Waals surface area (Å²) in [6.07, 6.45) is 4.79. The highest BCUT2D eigenvalue weighted by molar-refractivity contribution is 5.10. The molecule has 92 valence electrons. The maximum absolute atomic E-state index is 9.20. The molecule has 0 fully saturated rings. The molecule has 1 aromatic heterocycles.